The molecule has 6 fully saturated rings. The van der Waals surface area contributed by atoms with E-state index in [1.54, 1.807) is 0 Å². The van der Waals surface area contributed by atoms with Crippen molar-refractivity contribution in [3.8, 4) is 0 Å². The van der Waals surface area contributed by atoms with Gasteiger partial charge in [-0.05, 0) is 0 Å². The summed E-state index contributed by atoms with van der Waals surface area (Å²) in [6.07, 6.45) is -39.9. The molecule has 0 spiro atoms. The van der Waals surface area contributed by atoms with Gasteiger partial charge < -0.3 is 127 Å². The molecule has 0 bridgehead atoms. The summed E-state index contributed by atoms with van der Waals surface area (Å²) >= 11 is 0. The number of aliphatic hydroxyl groups excluding tert-OH is 10. The molecule has 0 aromatic rings. The average molecular weight is 897 g/mol. The van der Waals surface area contributed by atoms with Gasteiger partial charge in [-0.3, -0.25) is 0 Å². The van der Waals surface area contributed by atoms with Crippen LogP contribution in [0.25, 0.3) is 0 Å². The molecule has 0 aromatic carbocycles. The summed E-state index contributed by atoms with van der Waals surface area (Å²) in [5, 5.41) is 118. The molecule has 0 aromatic heterocycles. The van der Waals surface area contributed by atoms with Crippen molar-refractivity contribution in [2.45, 2.75) is 154 Å². The number of hydrogen-bond donors (Lipinski definition) is 11. The SMILES string of the molecule is CO[C@@H]1O[C@@H](OC2C(O)[C@H](O[C@@H]3CO[C@@H](OC)C(O)C3O)OC[C@H]2O[C@@H]2OC[C@@H](O[C@@H]3OC[C@@H](OC)C(O)C3O[C@H]3OC(C(=O)O)[C@@H](OC)C(O)C3O)C(O)C2O)C(O)C1O. The van der Waals surface area contributed by atoms with E-state index < -0.39 is 173 Å². The number of carboxylic acids is 1. The lowest BCUT2D eigenvalue weighted by Crippen LogP contribution is -2.65. The Morgan fingerprint density at radius 2 is 0.820 bits per heavy atom. The van der Waals surface area contributed by atoms with E-state index in [0.29, 0.717) is 0 Å². The summed E-state index contributed by atoms with van der Waals surface area (Å²) < 4.78 is 82.8. The van der Waals surface area contributed by atoms with Crippen molar-refractivity contribution in [2.75, 3.05) is 54.9 Å². The van der Waals surface area contributed by atoms with E-state index in [1.165, 1.54) is 21.3 Å². The van der Waals surface area contributed by atoms with Crippen LogP contribution in [0, 0.1) is 0 Å². The van der Waals surface area contributed by atoms with E-state index in [-0.39, 0.29) is 13.2 Å². The number of methoxy groups -OCH3 is 4. The van der Waals surface area contributed by atoms with Crippen molar-refractivity contribution in [1.29, 1.82) is 0 Å². The molecule has 25 atom stereocenters. The fourth-order valence-electron chi connectivity index (χ4n) is 7.65. The molecule has 6 saturated heterocycles. The standard InChI is InChI=1S/C34H56O27/c1-47-9-5-54-34(25(15(9)37)59-32-19(41)16(38)24(48-2)26(60-32)27(45)46)56-11-7-52-30(18(40)14(11)36)57-12-8-53-31(55-10-6-51-28(49-3)17(39)13(10)35)22(44)23(12)58-33-21(43)20(42)29(50-4)61-33/h9-26,28-44H,5-8H2,1-4H3,(H,45,46)/t9-,10-,11-,12-,13?,14?,15?,16?,17?,18?,19?,20?,21?,22?,23?,24+,25?,26?,28-,29-,30+,31+,32+,33-,34+/m1/s1. The Kier molecular flexibility index (Phi) is 17.0. The normalized spacial score (nSPS) is 51.0. The third kappa shape index (κ3) is 10.3. The maximum absolute atomic E-state index is 11.9. The monoisotopic (exact) mass is 896 g/mol. The van der Waals surface area contributed by atoms with Crippen molar-refractivity contribution in [2.24, 2.45) is 0 Å². The van der Waals surface area contributed by atoms with E-state index in [4.69, 9.17) is 71.1 Å². The van der Waals surface area contributed by atoms with Gasteiger partial charge in [0.1, 0.15) is 104 Å². The first-order valence-electron chi connectivity index (χ1n) is 19.2. The maximum Gasteiger partial charge on any atom is 0.335 e. The predicted molar refractivity (Wildman–Crippen MR) is 184 cm³/mol. The van der Waals surface area contributed by atoms with Gasteiger partial charge in [-0.2, -0.15) is 0 Å². The minimum Gasteiger partial charge on any atom is -0.479 e. The zero-order valence-corrected chi connectivity index (χ0v) is 33.2. The Labute approximate surface area is 346 Å². The van der Waals surface area contributed by atoms with E-state index >= 15 is 0 Å². The number of carbonyl (C=O) groups is 1. The first-order valence-corrected chi connectivity index (χ1v) is 19.2. The number of ether oxygens (including phenoxy) is 15. The van der Waals surface area contributed by atoms with Crippen LogP contribution in [0.2, 0.25) is 0 Å². The van der Waals surface area contributed by atoms with Gasteiger partial charge in [-0.15, -0.1) is 0 Å². The predicted octanol–water partition coefficient (Wildman–Crippen LogP) is -8.24. The highest BCUT2D eigenvalue weighted by molar-refractivity contribution is 5.73. The molecule has 27 heteroatoms. The van der Waals surface area contributed by atoms with Crippen LogP contribution in [-0.2, 0) is 75.8 Å². The summed E-state index contributed by atoms with van der Waals surface area (Å²) in [6, 6.07) is 0. The number of aliphatic carboxylic acids is 1. The Bertz CT molecular complexity index is 1390. The fourth-order valence-corrected chi connectivity index (χ4v) is 7.65. The average Bonchev–Trinajstić information content (AvgIpc) is 3.51. The lowest BCUT2D eigenvalue weighted by atomic mass is 9.98. The molecule has 6 rings (SSSR count). The number of hydrogen-bond acceptors (Lipinski definition) is 26. The molecule has 0 aliphatic carbocycles. The summed E-state index contributed by atoms with van der Waals surface area (Å²) in [4.78, 5) is 11.9. The zero-order chi connectivity index (χ0) is 44.4. The molecule has 6 aliphatic heterocycles. The second-order valence-electron chi connectivity index (χ2n) is 15.0. The molecule has 13 unspecified atom stereocenters. The third-order valence-corrected chi connectivity index (χ3v) is 11.2. The van der Waals surface area contributed by atoms with Crippen molar-refractivity contribution in [3.63, 3.8) is 0 Å². The van der Waals surface area contributed by atoms with Crippen molar-refractivity contribution < 1.29 is 132 Å². The quantitative estimate of drug-likeness (QED) is 0.0727. The molecule has 61 heavy (non-hydrogen) atoms. The van der Waals surface area contributed by atoms with Crippen molar-refractivity contribution in [1.82, 2.24) is 0 Å². The Morgan fingerprint density at radius 1 is 0.377 bits per heavy atom. The van der Waals surface area contributed by atoms with Crippen LogP contribution in [0.15, 0.2) is 0 Å². The molecule has 11 N–H and O–H groups in total. The maximum atomic E-state index is 11.9. The first kappa shape index (κ1) is 48.9. The van der Waals surface area contributed by atoms with Crippen LogP contribution >= 0.6 is 0 Å². The Morgan fingerprint density at radius 3 is 1.39 bits per heavy atom. The molecular weight excluding hydrogens is 840 g/mol. The minimum absolute atomic E-state index is 0.293. The number of carboxylic acid groups (broad SMARTS) is 1. The highest BCUT2D eigenvalue weighted by atomic mass is 16.8. The van der Waals surface area contributed by atoms with Gasteiger partial charge >= 0.3 is 5.97 Å². The molecule has 354 valence electrons. The zero-order valence-electron chi connectivity index (χ0n) is 33.2. The van der Waals surface area contributed by atoms with Gasteiger partial charge in [-0.1, -0.05) is 0 Å². The van der Waals surface area contributed by atoms with E-state index in [2.05, 4.69) is 0 Å². The lowest BCUT2D eigenvalue weighted by molar-refractivity contribution is -0.379. The highest BCUT2D eigenvalue weighted by Crippen LogP contribution is 2.34. The van der Waals surface area contributed by atoms with Crippen LogP contribution in [0.4, 0.5) is 0 Å². The first-order chi connectivity index (χ1) is 29.0. The van der Waals surface area contributed by atoms with Gasteiger partial charge in [0.15, 0.2) is 50.1 Å². The summed E-state index contributed by atoms with van der Waals surface area (Å²) in [5.74, 6) is -1.55. The second-order valence-corrected chi connectivity index (χ2v) is 15.0. The summed E-state index contributed by atoms with van der Waals surface area (Å²) in [6.45, 7) is -1.62. The van der Waals surface area contributed by atoms with E-state index in [0.717, 1.165) is 7.11 Å². The minimum atomic E-state index is -1.93. The molecule has 6 heterocycles. The molecular formula is C34H56O27. The van der Waals surface area contributed by atoms with Crippen LogP contribution in [0.5, 0.6) is 0 Å². The van der Waals surface area contributed by atoms with Crippen molar-refractivity contribution >= 4 is 5.97 Å². The largest absolute Gasteiger partial charge is 0.479 e. The molecule has 0 saturated carbocycles. The Hall–Kier alpha value is -1.53. The van der Waals surface area contributed by atoms with Crippen LogP contribution in [0.1, 0.15) is 0 Å². The summed E-state index contributed by atoms with van der Waals surface area (Å²) in [5.41, 5.74) is 0. The lowest BCUT2D eigenvalue weighted by Gasteiger charge is -2.47. The van der Waals surface area contributed by atoms with Crippen LogP contribution < -0.4 is 0 Å². The van der Waals surface area contributed by atoms with Gasteiger partial charge in [-0.25, -0.2) is 4.79 Å². The third-order valence-electron chi connectivity index (χ3n) is 11.2. The second kappa shape index (κ2) is 21.2. The molecule has 27 nitrogen and oxygen atoms in total. The number of rotatable bonds is 15. The van der Waals surface area contributed by atoms with Gasteiger partial charge in [0.25, 0.3) is 0 Å². The molecule has 0 radical (unpaired) electrons. The van der Waals surface area contributed by atoms with Gasteiger partial charge in [0.05, 0.1) is 26.4 Å². The highest BCUT2D eigenvalue weighted by Gasteiger charge is 2.55. The van der Waals surface area contributed by atoms with E-state index in [9.17, 15) is 61.0 Å². The Balaban J connectivity index is 1.13. The van der Waals surface area contributed by atoms with Gasteiger partial charge in [0.2, 0.25) is 0 Å². The molecule has 6 aliphatic rings. The number of aliphatic hydroxyl groups is 10. The summed E-state index contributed by atoms with van der Waals surface area (Å²) in [7, 11) is 4.81. The van der Waals surface area contributed by atoms with E-state index in [1.807, 2.05) is 0 Å². The fraction of sp³-hybridized carbons (Fsp3) is 0.971. The van der Waals surface area contributed by atoms with Gasteiger partial charge in [0, 0.05) is 28.4 Å². The van der Waals surface area contributed by atoms with Crippen LogP contribution in [-0.4, -0.2) is 271 Å². The van der Waals surface area contributed by atoms with Crippen LogP contribution in [0.3, 0.4) is 0 Å². The van der Waals surface area contributed by atoms with Crippen molar-refractivity contribution in [3.05, 3.63) is 0 Å². The smallest absolute Gasteiger partial charge is 0.335 e. The topological polar surface area (TPSA) is 378 Å². The molecule has 0 amide bonds.